The molecule has 2 rings (SSSR count). The fraction of sp³-hybridized carbons (Fsp3) is 0.900. The Balaban J connectivity index is 2.07. The normalized spacial score (nSPS) is 27.4. The number of sulfonamides is 1. The molecule has 6 nitrogen and oxygen atoms in total. The highest BCUT2D eigenvalue weighted by molar-refractivity contribution is 7.88. The van der Waals surface area contributed by atoms with Gasteiger partial charge in [0.2, 0.25) is 15.9 Å². The maximum Gasteiger partial charge on any atom is 0.241 e. The molecule has 0 aromatic heterocycles. The van der Waals surface area contributed by atoms with E-state index in [0.717, 1.165) is 12.7 Å². The Bertz CT molecular complexity index is 389. The Labute approximate surface area is 102 Å². The molecule has 0 spiro atoms. The molecule has 2 saturated heterocycles. The van der Waals surface area contributed by atoms with Gasteiger partial charge in [-0.2, -0.15) is 4.31 Å². The second-order valence-electron chi connectivity index (χ2n) is 4.47. The molecule has 17 heavy (non-hydrogen) atoms. The van der Waals surface area contributed by atoms with Gasteiger partial charge in [0.25, 0.3) is 0 Å². The third kappa shape index (κ3) is 2.78. The van der Waals surface area contributed by atoms with Gasteiger partial charge in [0, 0.05) is 19.6 Å². The van der Waals surface area contributed by atoms with E-state index in [1.807, 2.05) is 0 Å². The van der Waals surface area contributed by atoms with Crippen LogP contribution < -0.4 is 0 Å². The molecule has 1 amide bonds. The lowest BCUT2D eigenvalue weighted by Gasteiger charge is -2.31. The fourth-order valence-corrected chi connectivity index (χ4v) is 3.50. The summed E-state index contributed by atoms with van der Waals surface area (Å²) in [7, 11) is -3.28. The Hall–Kier alpha value is -0.660. The largest absolute Gasteiger partial charge is 0.378 e. The van der Waals surface area contributed by atoms with Crippen LogP contribution in [-0.2, 0) is 19.6 Å². The standard InChI is InChI=1S/C10H18N2O4S/c1-17(14,15)12-4-2-3-9(12)10(13)11-5-7-16-8-6-11/h9H,2-8H2,1H3. The Morgan fingerprint density at radius 3 is 2.47 bits per heavy atom. The monoisotopic (exact) mass is 262 g/mol. The van der Waals surface area contributed by atoms with E-state index in [9.17, 15) is 13.2 Å². The highest BCUT2D eigenvalue weighted by atomic mass is 32.2. The summed E-state index contributed by atoms with van der Waals surface area (Å²) in [6.45, 7) is 2.66. The molecule has 0 bridgehead atoms. The van der Waals surface area contributed by atoms with Crippen molar-refractivity contribution in [3.63, 3.8) is 0 Å². The number of carbonyl (C=O) groups is 1. The summed E-state index contributed by atoms with van der Waals surface area (Å²) in [6.07, 6.45) is 2.55. The number of amides is 1. The van der Waals surface area contributed by atoms with E-state index in [4.69, 9.17) is 4.74 Å². The van der Waals surface area contributed by atoms with Crippen LogP contribution in [0.4, 0.5) is 0 Å². The third-order valence-electron chi connectivity index (χ3n) is 3.24. The average Bonchev–Trinajstić information content (AvgIpc) is 2.78. The van der Waals surface area contributed by atoms with Crippen LogP contribution in [0.3, 0.4) is 0 Å². The topological polar surface area (TPSA) is 66.9 Å². The minimum absolute atomic E-state index is 0.0729. The van der Waals surface area contributed by atoms with Crippen LogP contribution in [0.5, 0.6) is 0 Å². The van der Waals surface area contributed by atoms with Gasteiger partial charge in [0.15, 0.2) is 0 Å². The summed E-state index contributed by atoms with van der Waals surface area (Å²) < 4.78 is 29.6. The van der Waals surface area contributed by atoms with E-state index >= 15 is 0 Å². The third-order valence-corrected chi connectivity index (χ3v) is 4.53. The minimum atomic E-state index is -3.28. The highest BCUT2D eigenvalue weighted by Crippen LogP contribution is 2.22. The smallest absolute Gasteiger partial charge is 0.241 e. The van der Waals surface area contributed by atoms with Crippen molar-refractivity contribution >= 4 is 15.9 Å². The van der Waals surface area contributed by atoms with Crippen molar-refractivity contribution in [3.8, 4) is 0 Å². The minimum Gasteiger partial charge on any atom is -0.378 e. The van der Waals surface area contributed by atoms with Gasteiger partial charge in [0.1, 0.15) is 6.04 Å². The fourth-order valence-electron chi connectivity index (χ4n) is 2.38. The quantitative estimate of drug-likeness (QED) is 0.658. The summed E-state index contributed by atoms with van der Waals surface area (Å²) in [4.78, 5) is 13.9. The Morgan fingerprint density at radius 1 is 1.24 bits per heavy atom. The molecule has 0 N–H and O–H groups in total. The summed E-state index contributed by atoms with van der Waals surface area (Å²) in [5.41, 5.74) is 0. The number of rotatable bonds is 2. The van der Waals surface area contributed by atoms with Crippen molar-refractivity contribution in [2.24, 2.45) is 0 Å². The van der Waals surface area contributed by atoms with E-state index in [0.29, 0.717) is 39.3 Å². The Kier molecular flexibility index (Phi) is 3.70. The van der Waals surface area contributed by atoms with Crippen molar-refractivity contribution in [1.29, 1.82) is 0 Å². The maximum absolute atomic E-state index is 12.2. The molecule has 0 saturated carbocycles. The maximum atomic E-state index is 12.2. The molecule has 0 aliphatic carbocycles. The first-order chi connectivity index (χ1) is 8.00. The van der Waals surface area contributed by atoms with Crippen LogP contribution in [0.1, 0.15) is 12.8 Å². The van der Waals surface area contributed by atoms with Gasteiger partial charge < -0.3 is 9.64 Å². The lowest BCUT2D eigenvalue weighted by Crippen LogP contribution is -2.50. The Morgan fingerprint density at radius 2 is 1.88 bits per heavy atom. The molecule has 2 aliphatic heterocycles. The van der Waals surface area contributed by atoms with E-state index in [-0.39, 0.29) is 5.91 Å². The van der Waals surface area contributed by atoms with Gasteiger partial charge in [-0.25, -0.2) is 8.42 Å². The summed E-state index contributed by atoms with van der Waals surface area (Å²) >= 11 is 0. The summed E-state index contributed by atoms with van der Waals surface area (Å²) in [5.74, 6) is -0.0729. The second kappa shape index (κ2) is 4.91. The second-order valence-corrected chi connectivity index (χ2v) is 6.40. The SMILES string of the molecule is CS(=O)(=O)N1CCCC1C(=O)N1CCOCC1. The number of morpholine rings is 1. The van der Waals surface area contributed by atoms with Gasteiger partial charge in [-0.1, -0.05) is 0 Å². The van der Waals surface area contributed by atoms with Crippen LogP contribution >= 0.6 is 0 Å². The molecule has 0 radical (unpaired) electrons. The van der Waals surface area contributed by atoms with Crippen molar-refractivity contribution < 1.29 is 17.9 Å². The molecule has 2 heterocycles. The van der Waals surface area contributed by atoms with Gasteiger partial charge in [0.05, 0.1) is 19.5 Å². The molecule has 2 aliphatic rings. The van der Waals surface area contributed by atoms with Crippen LogP contribution in [0.25, 0.3) is 0 Å². The number of ether oxygens (including phenoxy) is 1. The van der Waals surface area contributed by atoms with Crippen LogP contribution in [-0.4, -0.2) is 68.7 Å². The molecule has 0 aromatic rings. The van der Waals surface area contributed by atoms with E-state index in [1.54, 1.807) is 4.90 Å². The number of hydrogen-bond donors (Lipinski definition) is 0. The predicted octanol–water partition coefficient (Wildman–Crippen LogP) is -0.731. The average molecular weight is 262 g/mol. The summed E-state index contributed by atoms with van der Waals surface area (Å²) in [5, 5.41) is 0. The predicted molar refractivity (Wildman–Crippen MR) is 62.0 cm³/mol. The van der Waals surface area contributed by atoms with Gasteiger partial charge in [-0.15, -0.1) is 0 Å². The number of carbonyl (C=O) groups excluding carboxylic acids is 1. The van der Waals surface area contributed by atoms with Crippen LogP contribution in [0.2, 0.25) is 0 Å². The van der Waals surface area contributed by atoms with Crippen molar-refractivity contribution in [2.75, 3.05) is 39.1 Å². The molecular formula is C10H18N2O4S. The zero-order valence-electron chi connectivity index (χ0n) is 9.96. The lowest BCUT2D eigenvalue weighted by molar-refractivity contribution is -0.138. The zero-order chi connectivity index (χ0) is 12.5. The first-order valence-corrected chi connectivity index (χ1v) is 7.68. The zero-order valence-corrected chi connectivity index (χ0v) is 10.8. The van der Waals surface area contributed by atoms with Gasteiger partial charge in [-0.3, -0.25) is 4.79 Å². The molecular weight excluding hydrogens is 244 g/mol. The number of hydrogen-bond acceptors (Lipinski definition) is 4. The van der Waals surface area contributed by atoms with Gasteiger partial charge >= 0.3 is 0 Å². The van der Waals surface area contributed by atoms with E-state index in [1.165, 1.54) is 4.31 Å². The van der Waals surface area contributed by atoms with Crippen molar-refractivity contribution in [1.82, 2.24) is 9.21 Å². The summed E-state index contributed by atoms with van der Waals surface area (Å²) in [6, 6.07) is -0.497. The molecule has 7 heteroatoms. The molecule has 98 valence electrons. The highest BCUT2D eigenvalue weighted by Gasteiger charge is 2.38. The first-order valence-electron chi connectivity index (χ1n) is 5.83. The molecule has 1 atom stereocenters. The molecule has 1 unspecified atom stereocenters. The molecule has 0 aromatic carbocycles. The van der Waals surface area contributed by atoms with Crippen molar-refractivity contribution in [3.05, 3.63) is 0 Å². The van der Waals surface area contributed by atoms with Crippen molar-refractivity contribution in [2.45, 2.75) is 18.9 Å². The van der Waals surface area contributed by atoms with Gasteiger partial charge in [-0.05, 0) is 12.8 Å². The van der Waals surface area contributed by atoms with E-state index < -0.39 is 16.1 Å². The molecule has 2 fully saturated rings. The van der Waals surface area contributed by atoms with Crippen LogP contribution in [0, 0.1) is 0 Å². The lowest BCUT2D eigenvalue weighted by atomic mass is 10.2. The first kappa shape index (κ1) is 12.8. The van der Waals surface area contributed by atoms with Crippen LogP contribution in [0.15, 0.2) is 0 Å². The number of nitrogens with zero attached hydrogens (tertiary/aromatic N) is 2. The van der Waals surface area contributed by atoms with E-state index in [2.05, 4.69) is 0 Å².